The third-order valence-electron chi connectivity index (χ3n) is 3.11. The van der Waals surface area contributed by atoms with Crippen molar-refractivity contribution in [3.8, 4) is 0 Å². The van der Waals surface area contributed by atoms with Gasteiger partial charge in [-0.1, -0.05) is 18.2 Å². The molecule has 1 aromatic rings. The quantitative estimate of drug-likeness (QED) is 0.366. The first-order valence-electron chi connectivity index (χ1n) is 6.37. The summed E-state index contributed by atoms with van der Waals surface area (Å²) in [7, 11) is 1.70. The van der Waals surface area contributed by atoms with E-state index < -0.39 is 0 Å². The molecule has 102 valence electrons. The fourth-order valence-electron chi connectivity index (χ4n) is 1.80. The first-order chi connectivity index (χ1) is 9.20. The molecule has 19 heavy (non-hydrogen) atoms. The van der Waals surface area contributed by atoms with Crippen molar-refractivity contribution < 1.29 is 4.92 Å². The van der Waals surface area contributed by atoms with Gasteiger partial charge in [-0.05, 0) is 18.8 Å². The Balaban J connectivity index is 1.91. The summed E-state index contributed by atoms with van der Waals surface area (Å²) in [4.78, 5) is 14.6. The van der Waals surface area contributed by atoms with Crippen molar-refractivity contribution in [1.29, 1.82) is 0 Å². The molecule has 0 heterocycles. The second-order valence-electron chi connectivity index (χ2n) is 4.64. The molecule has 1 saturated carbocycles. The van der Waals surface area contributed by atoms with E-state index in [0.717, 1.165) is 12.5 Å². The Morgan fingerprint density at radius 2 is 2.16 bits per heavy atom. The van der Waals surface area contributed by atoms with Gasteiger partial charge in [-0.25, -0.2) is 0 Å². The van der Waals surface area contributed by atoms with Crippen LogP contribution in [0.15, 0.2) is 29.3 Å². The Morgan fingerprint density at radius 1 is 1.42 bits per heavy atom. The number of para-hydroxylation sites is 1. The molecule has 0 saturated heterocycles. The predicted octanol–water partition coefficient (Wildman–Crippen LogP) is 1.67. The molecular weight excluding hydrogens is 244 g/mol. The minimum atomic E-state index is -0.364. The summed E-state index contributed by atoms with van der Waals surface area (Å²) >= 11 is 0. The molecule has 1 aromatic carbocycles. The van der Waals surface area contributed by atoms with E-state index in [-0.39, 0.29) is 10.6 Å². The highest BCUT2D eigenvalue weighted by Gasteiger charge is 2.21. The molecule has 2 rings (SSSR count). The molecule has 6 heteroatoms. The Kier molecular flexibility index (Phi) is 4.33. The number of hydrogen-bond acceptors (Lipinski definition) is 3. The van der Waals surface area contributed by atoms with E-state index in [2.05, 4.69) is 15.6 Å². The lowest BCUT2D eigenvalue weighted by Gasteiger charge is -2.11. The van der Waals surface area contributed by atoms with Crippen LogP contribution in [0.5, 0.6) is 0 Å². The minimum absolute atomic E-state index is 0.132. The van der Waals surface area contributed by atoms with Crippen molar-refractivity contribution in [2.24, 2.45) is 10.9 Å². The van der Waals surface area contributed by atoms with Crippen LogP contribution in [0.2, 0.25) is 0 Å². The molecule has 0 amide bonds. The van der Waals surface area contributed by atoms with E-state index in [4.69, 9.17) is 0 Å². The molecule has 6 nitrogen and oxygen atoms in total. The van der Waals surface area contributed by atoms with E-state index in [1.165, 1.54) is 18.9 Å². The summed E-state index contributed by atoms with van der Waals surface area (Å²) in [6.07, 6.45) is 2.54. The molecule has 0 atom stereocenters. The van der Waals surface area contributed by atoms with Crippen LogP contribution in [0.4, 0.5) is 5.69 Å². The average molecular weight is 262 g/mol. The van der Waals surface area contributed by atoms with Gasteiger partial charge in [0, 0.05) is 31.8 Å². The van der Waals surface area contributed by atoms with Gasteiger partial charge in [0.25, 0.3) is 5.69 Å². The maximum absolute atomic E-state index is 10.9. The van der Waals surface area contributed by atoms with Crippen LogP contribution in [0.3, 0.4) is 0 Å². The highest BCUT2D eigenvalue weighted by atomic mass is 16.6. The predicted molar refractivity (Wildman–Crippen MR) is 74.0 cm³/mol. The van der Waals surface area contributed by atoms with E-state index in [9.17, 15) is 10.1 Å². The smallest absolute Gasteiger partial charge is 0.274 e. The van der Waals surface area contributed by atoms with Crippen molar-refractivity contribution in [1.82, 2.24) is 10.6 Å². The zero-order valence-corrected chi connectivity index (χ0v) is 10.9. The molecule has 1 aliphatic rings. The van der Waals surface area contributed by atoms with Gasteiger partial charge in [-0.2, -0.15) is 0 Å². The number of guanidine groups is 1. The van der Waals surface area contributed by atoms with Crippen LogP contribution in [0.1, 0.15) is 18.4 Å². The Morgan fingerprint density at radius 3 is 2.79 bits per heavy atom. The maximum Gasteiger partial charge on any atom is 0.274 e. The molecule has 0 radical (unpaired) electrons. The van der Waals surface area contributed by atoms with Crippen molar-refractivity contribution >= 4 is 11.6 Å². The second kappa shape index (κ2) is 6.17. The number of hydrogen-bond donors (Lipinski definition) is 2. The summed E-state index contributed by atoms with van der Waals surface area (Å²) in [6, 6.07) is 6.73. The lowest BCUT2D eigenvalue weighted by molar-refractivity contribution is -0.385. The van der Waals surface area contributed by atoms with Crippen molar-refractivity contribution in [2.45, 2.75) is 19.4 Å². The molecule has 2 N–H and O–H groups in total. The van der Waals surface area contributed by atoms with Crippen LogP contribution in [-0.4, -0.2) is 24.5 Å². The van der Waals surface area contributed by atoms with Gasteiger partial charge in [-0.3, -0.25) is 15.1 Å². The van der Waals surface area contributed by atoms with Gasteiger partial charge in [-0.15, -0.1) is 0 Å². The fraction of sp³-hybridized carbons (Fsp3) is 0.462. The third kappa shape index (κ3) is 3.94. The Hall–Kier alpha value is -2.11. The summed E-state index contributed by atoms with van der Waals surface area (Å²) in [6.45, 7) is 1.30. The highest BCUT2D eigenvalue weighted by Crippen LogP contribution is 2.27. The van der Waals surface area contributed by atoms with Crippen LogP contribution in [0, 0.1) is 16.0 Å². The zero-order chi connectivity index (χ0) is 13.7. The Bertz CT molecular complexity index is 483. The van der Waals surface area contributed by atoms with Gasteiger partial charge < -0.3 is 10.6 Å². The van der Waals surface area contributed by atoms with Gasteiger partial charge >= 0.3 is 0 Å². The minimum Gasteiger partial charge on any atom is -0.356 e. The lowest BCUT2D eigenvalue weighted by Crippen LogP contribution is -2.37. The lowest BCUT2D eigenvalue weighted by atomic mass is 10.2. The second-order valence-corrected chi connectivity index (χ2v) is 4.64. The van der Waals surface area contributed by atoms with Gasteiger partial charge in [0.2, 0.25) is 0 Å². The standard InChI is InChI=1S/C13H18N4O2/c1-14-13(15-8-10-6-7-10)16-9-11-4-2-3-5-12(11)17(18)19/h2-5,10H,6-9H2,1H3,(H2,14,15,16). The van der Waals surface area contributed by atoms with Crippen LogP contribution < -0.4 is 10.6 Å². The fourth-order valence-corrected chi connectivity index (χ4v) is 1.80. The topological polar surface area (TPSA) is 79.6 Å². The monoisotopic (exact) mass is 262 g/mol. The summed E-state index contributed by atoms with van der Waals surface area (Å²) < 4.78 is 0. The zero-order valence-electron chi connectivity index (χ0n) is 10.9. The first-order valence-corrected chi connectivity index (χ1v) is 6.37. The molecule has 0 aliphatic heterocycles. The number of nitro benzene ring substituents is 1. The number of aliphatic imine (C=N–C) groups is 1. The summed E-state index contributed by atoms with van der Waals surface area (Å²) in [5, 5.41) is 17.2. The number of benzene rings is 1. The molecule has 1 aliphatic carbocycles. The van der Waals surface area contributed by atoms with Crippen molar-refractivity contribution in [3.63, 3.8) is 0 Å². The summed E-state index contributed by atoms with van der Waals surface area (Å²) in [5.41, 5.74) is 0.787. The number of nitrogens with one attached hydrogen (secondary N) is 2. The largest absolute Gasteiger partial charge is 0.356 e. The third-order valence-corrected chi connectivity index (χ3v) is 3.11. The SMILES string of the molecule is CN=C(NCc1ccccc1[N+](=O)[O-])NCC1CC1. The summed E-state index contributed by atoms with van der Waals surface area (Å²) in [5.74, 6) is 1.44. The van der Waals surface area contributed by atoms with Crippen molar-refractivity contribution in [2.75, 3.05) is 13.6 Å². The van der Waals surface area contributed by atoms with Crippen molar-refractivity contribution in [3.05, 3.63) is 39.9 Å². The molecule has 0 bridgehead atoms. The molecule has 1 fully saturated rings. The van der Waals surface area contributed by atoms with Gasteiger partial charge in [0.15, 0.2) is 5.96 Å². The maximum atomic E-state index is 10.9. The normalized spacial score (nSPS) is 15.1. The molecule has 0 spiro atoms. The molecular formula is C13H18N4O2. The van der Waals surface area contributed by atoms with Crippen LogP contribution >= 0.6 is 0 Å². The number of nitro groups is 1. The van der Waals surface area contributed by atoms with E-state index in [1.807, 2.05) is 0 Å². The number of nitrogens with zero attached hydrogens (tertiary/aromatic N) is 2. The highest BCUT2D eigenvalue weighted by molar-refractivity contribution is 5.79. The first kappa shape index (κ1) is 13.3. The van der Waals surface area contributed by atoms with E-state index >= 15 is 0 Å². The van der Waals surface area contributed by atoms with Crippen LogP contribution in [0.25, 0.3) is 0 Å². The Labute approximate surface area is 112 Å². The molecule has 0 unspecified atom stereocenters. The van der Waals surface area contributed by atoms with E-state index in [1.54, 1.807) is 25.2 Å². The number of rotatable bonds is 5. The van der Waals surface area contributed by atoms with Crippen LogP contribution in [-0.2, 0) is 6.54 Å². The average Bonchev–Trinajstić information content (AvgIpc) is 3.23. The molecule has 0 aromatic heterocycles. The van der Waals surface area contributed by atoms with Gasteiger partial charge in [0.05, 0.1) is 4.92 Å². The van der Waals surface area contributed by atoms with E-state index in [0.29, 0.717) is 18.1 Å². The van der Waals surface area contributed by atoms with Gasteiger partial charge in [0.1, 0.15) is 0 Å².